The molecular formula is C6H10N2S. The molecular weight excluding hydrogens is 132 g/mol. The molecule has 0 radical (unpaired) electrons. The molecule has 50 valence electrons. The second-order valence-corrected chi connectivity index (χ2v) is 2.82. The molecule has 0 amide bonds. The van der Waals surface area contributed by atoms with Crippen LogP contribution in [0.3, 0.4) is 0 Å². The average Bonchev–Trinajstić information content (AvgIpc) is 2.15. The highest BCUT2D eigenvalue weighted by molar-refractivity contribution is 7.06. The van der Waals surface area contributed by atoms with Crippen molar-refractivity contribution in [3.05, 3.63) is 10.6 Å². The molecule has 0 aliphatic heterocycles. The van der Waals surface area contributed by atoms with Crippen molar-refractivity contribution in [1.29, 1.82) is 0 Å². The summed E-state index contributed by atoms with van der Waals surface area (Å²) in [5.74, 6) is 0. The number of nitrogens with two attached hydrogens (primary N) is 1. The zero-order chi connectivity index (χ0) is 6.85. The Morgan fingerprint density at radius 1 is 1.67 bits per heavy atom. The number of nitrogen functional groups attached to an aromatic ring is 1. The largest absolute Gasteiger partial charge is 0.396 e. The number of aryl methyl sites for hydroxylation is 2. The van der Waals surface area contributed by atoms with E-state index in [0.717, 1.165) is 17.8 Å². The molecule has 2 N–H and O–H groups in total. The van der Waals surface area contributed by atoms with Crippen LogP contribution in [0.25, 0.3) is 0 Å². The van der Waals surface area contributed by atoms with Crippen molar-refractivity contribution >= 4 is 17.2 Å². The third kappa shape index (κ3) is 1.05. The van der Waals surface area contributed by atoms with Gasteiger partial charge in [-0.05, 0) is 24.9 Å². The Hall–Kier alpha value is -0.570. The van der Waals surface area contributed by atoms with Crippen LogP contribution in [0.2, 0.25) is 0 Å². The van der Waals surface area contributed by atoms with Crippen molar-refractivity contribution in [2.45, 2.75) is 20.3 Å². The van der Waals surface area contributed by atoms with Gasteiger partial charge in [-0.1, -0.05) is 6.92 Å². The third-order valence-electron chi connectivity index (χ3n) is 1.30. The summed E-state index contributed by atoms with van der Waals surface area (Å²) in [6.07, 6.45) is 0.997. The summed E-state index contributed by atoms with van der Waals surface area (Å²) in [6, 6.07) is 0. The van der Waals surface area contributed by atoms with Crippen LogP contribution in [0, 0.1) is 6.92 Å². The van der Waals surface area contributed by atoms with E-state index in [9.17, 15) is 0 Å². The van der Waals surface area contributed by atoms with Gasteiger partial charge in [0.05, 0.1) is 11.4 Å². The van der Waals surface area contributed by atoms with Crippen LogP contribution in [0.15, 0.2) is 0 Å². The standard InChI is InChI=1S/C6H10N2S/c1-3-5-6(7)4(2)8-9-5/h3,7H2,1-2H3. The summed E-state index contributed by atoms with van der Waals surface area (Å²) < 4.78 is 4.10. The first kappa shape index (κ1) is 6.55. The van der Waals surface area contributed by atoms with Crippen molar-refractivity contribution in [1.82, 2.24) is 4.37 Å². The minimum atomic E-state index is 0.877. The minimum absolute atomic E-state index is 0.877. The van der Waals surface area contributed by atoms with Gasteiger partial charge >= 0.3 is 0 Å². The maximum absolute atomic E-state index is 5.66. The SMILES string of the molecule is CCc1snc(C)c1N. The van der Waals surface area contributed by atoms with Crippen LogP contribution < -0.4 is 5.73 Å². The Morgan fingerprint density at radius 3 is 2.56 bits per heavy atom. The van der Waals surface area contributed by atoms with Crippen molar-refractivity contribution in [3.63, 3.8) is 0 Å². The van der Waals surface area contributed by atoms with Crippen LogP contribution >= 0.6 is 11.5 Å². The molecule has 0 fully saturated rings. The molecule has 9 heavy (non-hydrogen) atoms. The quantitative estimate of drug-likeness (QED) is 0.646. The van der Waals surface area contributed by atoms with Gasteiger partial charge in [-0.2, -0.15) is 4.37 Å². The molecule has 0 bridgehead atoms. The zero-order valence-electron chi connectivity index (χ0n) is 5.64. The van der Waals surface area contributed by atoms with Crippen molar-refractivity contribution in [3.8, 4) is 0 Å². The number of nitrogens with zero attached hydrogens (tertiary/aromatic N) is 1. The molecule has 0 saturated heterocycles. The number of hydrogen-bond donors (Lipinski definition) is 1. The Balaban J connectivity index is 3.04. The lowest BCUT2D eigenvalue weighted by molar-refractivity contribution is 1.18. The van der Waals surface area contributed by atoms with E-state index in [1.54, 1.807) is 0 Å². The molecule has 1 aromatic heterocycles. The lowest BCUT2D eigenvalue weighted by Crippen LogP contribution is -1.88. The smallest absolute Gasteiger partial charge is 0.0743 e. The lowest BCUT2D eigenvalue weighted by Gasteiger charge is -1.89. The van der Waals surface area contributed by atoms with Crippen molar-refractivity contribution in [2.75, 3.05) is 5.73 Å². The fourth-order valence-corrected chi connectivity index (χ4v) is 1.40. The first-order chi connectivity index (χ1) is 4.25. The average molecular weight is 142 g/mol. The Kier molecular flexibility index (Phi) is 1.71. The molecule has 0 aliphatic carbocycles. The van der Waals surface area contributed by atoms with Gasteiger partial charge in [-0.15, -0.1) is 0 Å². The van der Waals surface area contributed by atoms with Gasteiger partial charge in [0, 0.05) is 4.88 Å². The highest BCUT2D eigenvalue weighted by Crippen LogP contribution is 2.20. The van der Waals surface area contributed by atoms with Crippen LogP contribution in [-0.2, 0) is 6.42 Å². The highest BCUT2D eigenvalue weighted by atomic mass is 32.1. The monoisotopic (exact) mass is 142 g/mol. The maximum Gasteiger partial charge on any atom is 0.0743 e. The lowest BCUT2D eigenvalue weighted by atomic mass is 10.3. The second-order valence-electron chi connectivity index (χ2n) is 1.96. The topological polar surface area (TPSA) is 38.9 Å². The van der Waals surface area contributed by atoms with E-state index in [1.165, 1.54) is 16.4 Å². The number of hydrogen-bond acceptors (Lipinski definition) is 3. The Bertz CT molecular complexity index is 205. The molecule has 0 saturated carbocycles. The van der Waals surface area contributed by atoms with E-state index in [4.69, 9.17) is 5.73 Å². The first-order valence-corrected chi connectivity index (χ1v) is 3.73. The Morgan fingerprint density at radius 2 is 2.33 bits per heavy atom. The first-order valence-electron chi connectivity index (χ1n) is 2.96. The summed E-state index contributed by atoms with van der Waals surface area (Å²) >= 11 is 1.50. The predicted octanol–water partition coefficient (Wildman–Crippen LogP) is 1.60. The van der Waals surface area contributed by atoms with E-state index >= 15 is 0 Å². The minimum Gasteiger partial charge on any atom is -0.396 e. The second kappa shape index (κ2) is 2.35. The zero-order valence-corrected chi connectivity index (χ0v) is 6.46. The molecule has 2 nitrogen and oxygen atoms in total. The maximum atomic E-state index is 5.66. The van der Waals surface area contributed by atoms with E-state index in [-0.39, 0.29) is 0 Å². The molecule has 1 heterocycles. The third-order valence-corrected chi connectivity index (χ3v) is 2.40. The summed E-state index contributed by atoms with van der Waals surface area (Å²) in [5, 5.41) is 0. The van der Waals surface area contributed by atoms with Crippen LogP contribution in [0.5, 0.6) is 0 Å². The van der Waals surface area contributed by atoms with Gasteiger partial charge in [0.1, 0.15) is 0 Å². The van der Waals surface area contributed by atoms with E-state index < -0.39 is 0 Å². The molecule has 0 aromatic carbocycles. The molecule has 0 spiro atoms. The van der Waals surface area contributed by atoms with Gasteiger partial charge in [0.25, 0.3) is 0 Å². The van der Waals surface area contributed by atoms with Crippen LogP contribution in [-0.4, -0.2) is 4.37 Å². The molecule has 3 heteroatoms. The normalized spacial score (nSPS) is 10.0. The molecule has 0 aliphatic rings. The van der Waals surface area contributed by atoms with Crippen LogP contribution in [0.1, 0.15) is 17.5 Å². The molecule has 0 atom stereocenters. The van der Waals surface area contributed by atoms with E-state index in [2.05, 4.69) is 11.3 Å². The van der Waals surface area contributed by atoms with Gasteiger partial charge in [0.2, 0.25) is 0 Å². The molecule has 1 aromatic rings. The number of aromatic nitrogens is 1. The van der Waals surface area contributed by atoms with Gasteiger partial charge in [0.15, 0.2) is 0 Å². The van der Waals surface area contributed by atoms with Gasteiger partial charge in [-0.25, -0.2) is 0 Å². The molecule has 0 unspecified atom stereocenters. The highest BCUT2D eigenvalue weighted by Gasteiger charge is 2.02. The molecule has 1 rings (SSSR count). The Labute approximate surface area is 58.9 Å². The number of rotatable bonds is 1. The van der Waals surface area contributed by atoms with E-state index in [0.29, 0.717) is 0 Å². The predicted molar refractivity (Wildman–Crippen MR) is 40.6 cm³/mol. The summed E-state index contributed by atoms with van der Waals surface area (Å²) in [7, 11) is 0. The van der Waals surface area contributed by atoms with Gasteiger partial charge < -0.3 is 5.73 Å². The summed E-state index contributed by atoms with van der Waals surface area (Å²) in [4.78, 5) is 1.20. The summed E-state index contributed by atoms with van der Waals surface area (Å²) in [6.45, 7) is 4.02. The fourth-order valence-electron chi connectivity index (χ4n) is 0.679. The number of anilines is 1. The van der Waals surface area contributed by atoms with Crippen LogP contribution in [0.4, 0.5) is 5.69 Å². The van der Waals surface area contributed by atoms with Crippen molar-refractivity contribution < 1.29 is 0 Å². The van der Waals surface area contributed by atoms with Crippen molar-refractivity contribution in [2.24, 2.45) is 0 Å². The van der Waals surface area contributed by atoms with E-state index in [1.807, 2.05) is 6.92 Å². The fraction of sp³-hybridized carbons (Fsp3) is 0.500. The van der Waals surface area contributed by atoms with Gasteiger partial charge in [-0.3, -0.25) is 0 Å². The summed E-state index contributed by atoms with van der Waals surface area (Å²) in [5.41, 5.74) is 7.51.